The zero-order chi connectivity index (χ0) is 21.0. The van der Waals surface area contributed by atoms with Crippen LogP contribution in [0.3, 0.4) is 0 Å². The number of halogens is 1. The van der Waals surface area contributed by atoms with E-state index in [1.165, 1.54) is 6.20 Å². The van der Waals surface area contributed by atoms with Crippen molar-refractivity contribution in [1.29, 1.82) is 0 Å². The van der Waals surface area contributed by atoms with E-state index in [2.05, 4.69) is 10.3 Å². The van der Waals surface area contributed by atoms with Gasteiger partial charge in [-0.3, -0.25) is 4.98 Å². The Balaban J connectivity index is 2.21. The first kappa shape index (κ1) is 20.6. The molecule has 0 radical (unpaired) electrons. The standard InChI is InChI=1S/C22H21ClN2O4/c1-4-28-21(26)14-9-10-19-15(11-14)20(16(12-24-19)22(27)29-5-2)25-18-8-6-7-17(23)13(18)3/h6-12H,4-5H2,1-3H3,(H,24,25). The van der Waals surface area contributed by atoms with Crippen molar-refractivity contribution in [3.63, 3.8) is 0 Å². The number of benzene rings is 2. The summed E-state index contributed by atoms with van der Waals surface area (Å²) in [5, 5.41) is 4.48. The topological polar surface area (TPSA) is 77.5 Å². The van der Waals surface area contributed by atoms with Gasteiger partial charge in [-0.05, 0) is 56.7 Å². The number of nitrogens with zero attached hydrogens (tertiary/aromatic N) is 1. The lowest BCUT2D eigenvalue weighted by Crippen LogP contribution is -2.10. The van der Waals surface area contributed by atoms with E-state index in [4.69, 9.17) is 21.1 Å². The SMILES string of the molecule is CCOC(=O)c1ccc2ncc(C(=O)OCC)c(Nc3cccc(Cl)c3C)c2c1. The number of carbonyl (C=O) groups is 2. The maximum atomic E-state index is 12.6. The summed E-state index contributed by atoms with van der Waals surface area (Å²) in [5.41, 5.74) is 3.30. The first-order valence-corrected chi connectivity index (χ1v) is 9.63. The van der Waals surface area contributed by atoms with Gasteiger partial charge in [0.1, 0.15) is 5.56 Å². The zero-order valence-corrected chi connectivity index (χ0v) is 17.2. The molecule has 150 valence electrons. The van der Waals surface area contributed by atoms with Crippen molar-refractivity contribution in [1.82, 2.24) is 4.98 Å². The van der Waals surface area contributed by atoms with Crippen LogP contribution >= 0.6 is 11.6 Å². The van der Waals surface area contributed by atoms with E-state index in [-0.39, 0.29) is 18.8 Å². The third-order valence-corrected chi connectivity index (χ3v) is 4.81. The number of anilines is 2. The molecule has 7 heteroatoms. The third-order valence-electron chi connectivity index (χ3n) is 4.40. The number of pyridine rings is 1. The van der Waals surface area contributed by atoms with Gasteiger partial charge in [0.15, 0.2) is 0 Å². The average Bonchev–Trinajstić information content (AvgIpc) is 2.71. The molecular formula is C22H21ClN2O4. The molecule has 0 saturated carbocycles. The Kier molecular flexibility index (Phi) is 6.34. The van der Waals surface area contributed by atoms with E-state index in [1.807, 2.05) is 19.1 Å². The number of aromatic nitrogens is 1. The van der Waals surface area contributed by atoms with Crippen LogP contribution in [0.1, 0.15) is 40.1 Å². The minimum Gasteiger partial charge on any atom is -0.462 e. The molecule has 0 amide bonds. The third kappa shape index (κ3) is 4.32. The molecule has 0 aliphatic carbocycles. The van der Waals surface area contributed by atoms with Gasteiger partial charge in [-0.25, -0.2) is 9.59 Å². The second kappa shape index (κ2) is 8.92. The molecule has 1 heterocycles. The van der Waals surface area contributed by atoms with E-state index in [0.29, 0.717) is 27.2 Å². The van der Waals surface area contributed by atoms with Crippen molar-refractivity contribution < 1.29 is 19.1 Å². The van der Waals surface area contributed by atoms with Crippen LogP contribution in [-0.4, -0.2) is 30.1 Å². The highest BCUT2D eigenvalue weighted by molar-refractivity contribution is 6.31. The van der Waals surface area contributed by atoms with E-state index >= 15 is 0 Å². The molecule has 2 aromatic carbocycles. The van der Waals surface area contributed by atoms with Gasteiger partial charge >= 0.3 is 11.9 Å². The van der Waals surface area contributed by atoms with Gasteiger partial charge in [-0.1, -0.05) is 17.7 Å². The van der Waals surface area contributed by atoms with Crippen molar-refractivity contribution in [2.24, 2.45) is 0 Å². The molecule has 0 saturated heterocycles. The second-order valence-corrected chi connectivity index (χ2v) is 6.66. The monoisotopic (exact) mass is 412 g/mol. The fourth-order valence-corrected chi connectivity index (χ4v) is 3.08. The Morgan fingerprint density at radius 2 is 1.79 bits per heavy atom. The summed E-state index contributed by atoms with van der Waals surface area (Å²) < 4.78 is 10.3. The Hall–Kier alpha value is -3.12. The van der Waals surface area contributed by atoms with Crippen LogP contribution in [0.2, 0.25) is 5.02 Å². The van der Waals surface area contributed by atoms with Crippen LogP contribution in [-0.2, 0) is 9.47 Å². The number of esters is 2. The molecule has 0 atom stereocenters. The lowest BCUT2D eigenvalue weighted by Gasteiger charge is -2.16. The zero-order valence-electron chi connectivity index (χ0n) is 16.4. The summed E-state index contributed by atoms with van der Waals surface area (Å²) in [5.74, 6) is -0.952. The Labute approximate surface area is 173 Å². The summed E-state index contributed by atoms with van der Waals surface area (Å²) in [6.45, 7) is 5.86. The predicted molar refractivity (Wildman–Crippen MR) is 113 cm³/mol. The molecule has 0 unspecified atom stereocenters. The van der Waals surface area contributed by atoms with E-state index in [0.717, 1.165) is 11.3 Å². The van der Waals surface area contributed by atoms with Crippen molar-refractivity contribution in [2.45, 2.75) is 20.8 Å². The number of nitrogens with one attached hydrogen (secondary N) is 1. The quantitative estimate of drug-likeness (QED) is 0.554. The van der Waals surface area contributed by atoms with Crippen LogP contribution < -0.4 is 5.32 Å². The Bertz CT molecular complexity index is 1080. The van der Waals surface area contributed by atoms with E-state index in [9.17, 15) is 9.59 Å². The molecule has 0 bridgehead atoms. The van der Waals surface area contributed by atoms with Crippen molar-refractivity contribution >= 4 is 45.8 Å². The van der Waals surface area contributed by atoms with Gasteiger partial charge in [0.2, 0.25) is 0 Å². The number of rotatable bonds is 6. The fraction of sp³-hybridized carbons (Fsp3) is 0.227. The van der Waals surface area contributed by atoms with Crippen LogP contribution in [0.4, 0.5) is 11.4 Å². The minimum atomic E-state index is -0.509. The van der Waals surface area contributed by atoms with Gasteiger partial charge in [0.05, 0.1) is 30.0 Å². The van der Waals surface area contributed by atoms with Crippen molar-refractivity contribution in [3.8, 4) is 0 Å². The number of fused-ring (bicyclic) bond motifs is 1. The number of carbonyl (C=O) groups excluding carboxylic acids is 2. The minimum absolute atomic E-state index is 0.232. The molecule has 0 spiro atoms. The van der Waals surface area contributed by atoms with Gasteiger partial charge in [0.25, 0.3) is 0 Å². The van der Waals surface area contributed by atoms with E-state index in [1.54, 1.807) is 38.1 Å². The largest absolute Gasteiger partial charge is 0.462 e. The van der Waals surface area contributed by atoms with Crippen molar-refractivity contribution in [3.05, 3.63) is 64.3 Å². The van der Waals surface area contributed by atoms with Crippen LogP contribution in [0.5, 0.6) is 0 Å². The maximum absolute atomic E-state index is 12.6. The summed E-state index contributed by atoms with van der Waals surface area (Å²) in [6.07, 6.45) is 1.46. The number of hydrogen-bond acceptors (Lipinski definition) is 6. The normalized spacial score (nSPS) is 10.6. The summed E-state index contributed by atoms with van der Waals surface area (Å²) in [6, 6.07) is 10.5. The molecule has 3 rings (SSSR count). The average molecular weight is 413 g/mol. The molecule has 0 fully saturated rings. The molecule has 29 heavy (non-hydrogen) atoms. The summed E-state index contributed by atoms with van der Waals surface area (Å²) in [7, 11) is 0. The smallest absolute Gasteiger partial charge is 0.341 e. The van der Waals surface area contributed by atoms with Gasteiger partial charge in [-0.15, -0.1) is 0 Å². The second-order valence-electron chi connectivity index (χ2n) is 6.26. The van der Waals surface area contributed by atoms with Crippen LogP contribution in [0.25, 0.3) is 10.9 Å². The maximum Gasteiger partial charge on any atom is 0.341 e. The first-order chi connectivity index (χ1) is 14.0. The molecule has 0 aliphatic heterocycles. The predicted octanol–water partition coefficient (Wildman–Crippen LogP) is 5.29. The van der Waals surface area contributed by atoms with E-state index < -0.39 is 11.9 Å². The molecule has 0 aliphatic rings. The highest BCUT2D eigenvalue weighted by Crippen LogP contribution is 2.33. The molecule has 1 N–H and O–H groups in total. The van der Waals surface area contributed by atoms with Gasteiger partial charge < -0.3 is 14.8 Å². The number of hydrogen-bond donors (Lipinski definition) is 1. The van der Waals surface area contributed by atoms with Crippen LogP contribution in [0.15, 0.2) is 42.6 Å². The highest BCUT2D eigenvalue weighted by atomic mass is 35.5. The fourth-order valence-electron chi connectivity index (χ4n) is 2.91. The lowest BCUT2D eigenvalue weighted by atomic mass is 10.1. The molecule has 1 aromatic heterocycles. The highest BCUT2D eigenvalue weighted by Gasteiger charge is 2.19. The number of ether oxygens (including phenoxy) is 2. The molecular weight excluding hydrogens is 392 g/mol. The lowest BCUT2D eigenvalue weighted by molar-refractivity contribution is 0.0518. The Morgan fingerprint density at radius 1 is 1.07 bits per heavy atom. The summed E-state index contributed by atoms with van der Waals surface area (Å²) >= 11 is 6.25. The van der Waals surface area contributed by atoms with Gasteiger partial charge in [-0.2, -0.15) is 0 Å². The van der Waals surface area contributed by atoms with Crippen LogP contribution in [0, 0.1) is 6.92 Å². The molecule has 6 nitrogen and oxygen atoms in total. The molecule has 3 aromatic rings. The van der Waals surface area contributed by atoms with Gasteiger partial charge in [0, 0.05) is 22.3 Å². The Morgan fingerprint density at radius 3 is 2.52 bits per heavy atom. The summed E-state index contributed by atoms with van der Waals surface area (Å²) in [4.78, 5) is 29.1. The van der Waals surface area contributed by atoms with Crippen molar-refractivity contribution in [2.75, 3.05) is 18.5 Å². The first-order valence-electron chi connectivity index (χ1n) is 9.25.